The van der Waals surface area contributed by atoms with E-state index in [-0.39, 0.29) is 11.8 Å². The summed E-state index contributed by atoms with van der Waals surface area (Å²) in [5.74, 6) is 0.241. The summed E-state index contributed by atoms with van der Waals surface area (Å²) in [7, 11) is 0. The van der Waals surface area contributed by atoms with Gasteiger partial charge in [0, 0.05) is 44.2 Å². The van der Waals surface area contributed by atoms with E-state index >= 15 is 0 Å². The summed E-state index contributed by atoms with van der Waals surface area (Å²) in [6.45, 7) is 9.86. The van der Waals surface area contributed by atoms with Crippen LogP contribution in [0, 0.1) is 12.8 Å². The maximum absolute atomic E-state index is 13.3. The Kier molecular flexibility index (Phi) is 7.68. The van der Waals surface area contributed by atoms with Gasteiger partial charge in [-0.2, -0.15) is 0 Å². The maximum atomic E-state index is 13.3. The number of anilines is 2. The first-order valence-corrected chi connectivity index (χ1v) is 12.3. The Morgan fingerprint density at radius 2 is 1.65 bits per heavy atom. The van der Waals surface area contributed by atoms with Crippen LogP contribution in [0.1, 0.15) is 44.2 Å². The highest BCUT2D eigenvalue weighted by Gasteiger charge is 2.38. The van der Waals surface area contributed by atoms with Crippen molar-refractivity contribution in [1.82, 2.24) is 4.90 Å². The Hall–Kier alpha value is -3.12. The van der Waals surface area contributed by atoms with Crippen molar-refractivity contribution in [1.29, 1.82) is 0 Å². The minimum absolute atomic E-state index is 0.257. The molecule has 180 valence electrons. The van der Waals surface area contributed by atoms with Crippen molar-refractivity contribution in [3.63, 3.8) is 0 Å². The van der Waals surface area contributed by atoms with Gasteiger partial charge < -0.3 is 15.0 Å². The fourth-order valence-corrected chi connectivity index (χ4v) is 4.52. The lowest BCUT2D eigenvalue weighted by atomic mass is 9.99. The topological polar surface area (TPSA) is 61.9 Å². The Bertz CT molecular complexity index is 1040. The molecule has 0 unspecified atom stereocenters. The molecule has 2 aromatic carbocycles. The average Bonchev–Trinajstić information content (AvgIpc) is 3.07. The van der Waals surface area contributed by atoms with Gasteiger partial charge >= 0.3 is 0 Å². The summed E-state index contributed by atoms with van der Waals surface area (Å²) in [6.07, 6.45) is 3.04. The van der Waals surface area contributed by atoms with Crippen molar-refractivity contribution in [2.75, 3.05) is 43.1 Å². The molecule has 6 heteroatoms. The van der Waals surface area contributed by atoms with Crippen molar-refractivity contribution in [3.05, 3.63) is 65.4 Å². The number of amides is 2. The third-order valence-electron chi connectivity index (χ3n) is 6.67. The number of hydrogen-bond donors (Lipinski definition) is 1. The van der Waals surface area contributed by atoms with Gasteiger partial charge in [0.05, 0.1) is 5.57 Å². The second-order valence-electron chi connectivity index (χ2n) is 9.27. The van der Waals surface area contributed by atoms with Crippen LogP contribution < -0.4 is 10.2 Å². The molecular weight excluding hydrogens is 426 g/mol. The Morgan fingerprint density at radius 3 is 2.29 bits per heavy atom. The number of imide groups is 1. The summed E-state index contributed by atoms with van der Waals surface area (Å²) < 4.78 is 5.40. The summed E-state index contributed by atoms with van der Waals surface area (Å²) >= 11 is 0. The number of ether oxygens (including phenoxy) is 1. The molecular formula is C28H35N3O3. The van der Waals surface area contributed by atoms with Crippen LogP contribution in [0.3, 0.4) is 0 Å². The molecule has 1 N–H and O–H groups in total. The first-order valence-electron chi connectivity index (χ1n) is 12.3. The number of aryl methyl sites for hydroxylation is 1. The number of carbonyl (C=O) groups excluding carboxylic acids is 2. The molecule has 6 nitrogen and oxygen atoms in total. The van der Waals surface area contributed by atoms with Crippen LogP contribution in [0.15, 0.2) is 54.2 Å². The van der Waals surface area contributed by atoms with E-state index in [1.165, 1.54) is 23.4 Å². The van der Waals surface area contributed by atoms with Gasteiger partial charge in [0.1, 0.15) is 5.70 Å². The smallest absolute Gasteiger partial charge is 0.278 e. The molecule has 0 aromatic heterocycles. The van der Waals surface area contributed by atoms with Crippen LogP contribution in [0.5, 0.6) is 0 Å². The van der Waals surface area contributed by atoms with Crippen molar-refractivity contribution in [3.8, 4) is 0 Å². The first kappa shape index (κ1) is 24.0. The highest BCUT2D eigenvalue weighted by atomic mass is 16.5. The largest absolute Gasteiger partial charge is 0.382 e. The third kappa shape index (κ3) is 5.33. The molecule has 2 amide bonds. The van der Waals surface area contributed by atoms with Crippen LogP contribution in [0.2, 0.25) is 0 Å². The number of rotatable bonds is 9. The summed E-state index contributed by atoms with van der Waals surface area (Å²) in [4.78, 5) is 30.4. The Labute approximate surface area is 202 Å². The fraction of sp³-hybridized carbons (Fsp3) is 0.429. The summed E-state index contributed by atoms with van der Waals surface area (Å²) in [6, 6.07) is 15.9. The third-order valence-corrected chi connectivity index (χ3v) is 6.67. The van der Waals surface area contributed by atoms with E-state index in [4.69, 9.17) is 4.74 Å². The highest BCUT2D eigenvalue weighted by Crippen LogP contribution is 2.32. The molecule has 1 saturated heterocycles. The zero-order chi connectivity index (χ0) is 24.1. The van der Waals surface area contributed by atoms with Crippen molar-refractivity contribution >= 4 is 28.8 Å². The maximum Gasteiger partial charge on any atom is 0.278 e. The highest BCUT2D eigenvalue weighted by molar-refractivity contribution is 6.36. The van der Waals surface area contributed by atoms with Gasteiger partial charge in [-0.3, -0.25) is 14.5 Å². The van der Waals surface area contributed by atoms with Crippen LogP contribution in [0.25, 0.3) is 5.57 Å². The zero-order valence-corrected chi connectivity index (χ0v) is 20.5. The van der Waals surface area contributed by atoms with E-state index in [2.05, 4.69) is 29.3 Å². The average molecular weight is 462 g/mol. The molecule has 34 heavy (non-hydrogen) atoms. The number of benzene rings is 2. The minimum Gasteiger partial charge on any atom is -0.382 e. The Morgan fingerprint density at radius 1 is 0.971 bits per heavy atom. The van der Waals surface area contributed by atoms with E-state index in [0.717, 1.165) is 35.8 Å². The van der Waals surface area contributed by atoms with Crippen molar-refractivity contribution in [2.24, 2.45) is 5.92 Å². The van der Waals surface area contributed by atoms with E-state index in [0.29, 0.717) is 37.4 Å². The SMILES string of the molecule is CCOCCCN1C(=O)C(Nc2ccc(N3CCC(C)CC3)cc2)=C(c2ccc(C)cc2)C1=O. The molecule has 0 saturated carbocycles. The van der Waals surface area contributed by atoms with Crippen LogP contribution in [0.4, 0.5) is 11.4 Å². The van der Waals surface area contributed by atoms with Crippen molar-refractivity contribution < 1.29 is 14.3 Å². The number of carbonyl (C=O) groups is 2. The molecule has 1 fully saturated rings. The Balaban J connectivity index is 1.56. The standard InChI is InChI=1S/C28H35N3O3/c1-4-34-19-5-16-31-27(32)25(22-8-6-20(2)7-9-22)26(28(31)33)29-23-10-12-24(13-11-23)30-17-14-21(3)15-18-30/h6-13,21,29H,4-5,14-19H2,1-3H3. The molecule has 2 aliphatic rings. The van der Waals surface area contributed by atoms with Crippen molar-refractivity contribution in [2.45, 2.75) is 40.0 Å². The van der Waals surface area contributed by atoms with E-state index in [1.54, 1.807) is 0 Å². The van der Waals surface area contributed by atoms with Gasteiger partial charge in [0.2, 0.25) is 0 Å². The summed E-state index contributed by atoms with van der Waals surface area (Å²) in [5.41, 5.74) is 4.60. The molecule has 0 bridgehead atoms. The van der Waals surface area contributed by atoms with Gasteiger partial charge in [0.15, 0.2) is 0 Å². The lowest BCUT2D eigenvalue weighted by Gasteiger charge is -2.32. The van der Waals surface area contributed by atoms with Crippen LogP contribution >= 0.6 is 0 Å². The second kappa shape index (κ2) is 10.9. The molecule has 0 radical (unpaired) electrons. The van der Waals surface area contributed by atoms with E-state index in [9.17, 15) is 9.59 Å². The quantitative estimate of drug-likeness (QED) is 0.427. The van der Waals surface area contributed by atoms with Crippen LogP contribution in [-0.4, -0.2) is 49.6 Å². The lowest BCUT2D eigenvalue weighted by Crippen LogP contribution is -2.34. The predicted molar refractivity (Wildman–Crippen MR) is 137 cm³/mol. The second-order valence-corrected chi connectivity index (χ2v) is 9.27. The summed E-state index contributed by atoms with van der Waals surface area (Å²) in [5, 5.41) is 3.27. The van der Waals surface area contributed by atoms with E-state index in [1.807, 2.05) is 50.2 Å². The monoisotopic (exact) mass is 461 g/mol. The molecule has 4 rings (SSSR count). The van der Waals surface area contributed by atoms with Gasteiger partial charge in [0.25, 0.3) is 11.8 Å². The molecule has 2 aliphatic heterocycles. The number of hydrogen-bond acceptors (Lipinski definition) is 5. The normalized spacial score (nSPS) is 17.1. The predicted octanol–water partition coefficient (Wildman–Crippen LogP) is 4.85. The van der Waals surface area contributed by atoms with Gasteiger partial charge in [-0.1, -0.05) is 36.8 Å². The van der Waals surface area contributed by atoms with Gasteiger partial charge in [-0.25, -0.2) is 0 Å². The zero-order valence-electron chi connectivity index (χ0n) is 20.5. The van der Waals surface area contributed by atoms with Gasteiger partial charge in [-0.05, 0) is 68.9 Å². The molecule has 2 heterocycles. The van der Waals surface area contributed by atoms with Crippen LogP contribution in [-0.2, 0) is 14.3 Å². The molecule has 0 aliphatic carbocycles. The lowest BCUT2D eigenvalue weighted by molar-refractivity contribution is -0.137. The fourth-order valence-electron chi connectivity index (χ4n) is 4.52. The number of piperidine rings is 1. The number of nitrogens with one attached hydrogen (secondary N) is 1. The van der Waals surface area contributed by atoms with E-state index < -0.39 is 0 Å². The number of nitrogens with zero attached hydrogens (tertiary/aromatic N) is 2. The molecule has 2 aromatic rings. The first-order chi connectivity index (χ1) is 16.5. The molecule has 0 atom stereocenters. The van der Waals surface area contributed by atoms with Gasteiger partial charge in [-0.15, -0.1) is 0 Å². The molecule has 0 spiro atoms. The minimum atomic E-state index is -0.286.